The van der Waals surface area contributed by atoms with Crippen molar-refractivity contribution in [2.24, 2.45) is 5.92 Å². The first-order chi connectivity index (χ1) is 12.2. The molecule has 0 heterocycles. The number of ether oxygens (including phenoxy) is 2. The number of carbonyl (C=O) groups is 1. The third-order valence-corrected chi connectivity index (χ3v) is 4.65. The maximum absolute atomic E-state index is 12.0. The van der Waals surface area contributed by atoms with Crippen LogP contribution in [0.25, 0.3) is 0 Å². The predicted octanol–water partition coefficient (Wildman–Crippen LogP) is 4.83. The fourth-order valence-corrected chi connectivity index (χ4v) is 3.26. The van der Waals surface area contributed by atoms with Crippen molar-refractivity contribution < 1.29 is 14.3 Å². The van der Waals surface area contributed by atoms with E-state index in [1.807, 2.05) is 49.4 Å². The second kappa shape index (κ2) is 8.70. The number of benzene rings is 2. The highest BCUT2D eigenvalue weighted by Gasteiger charge is 2.22. The van der Waals surface area contributed by atoms with E-state index in [-0.39, 0.29) is 12.0 Å². The van der Waals surface area contributed by atoms with Gasteiger partial charge in [-0.25, -0.2) is 0 Å². The molecule has 1 aliphatic rings. The van der Waals surface area contributed by atoms with Crippen molar-refractivity contribution >= 4 is 5.78 Å². The summed E-state index contributed by atoms with van der Waals surface area (Å²) in [5.41, 5.74) is 1.21. The molecule has 0 aromatic heterocycles. The monoisotopic (exact) mass is 338 g/mol. The van der Waals surface area contributed by atoms with Gasteiger partial charge in [0.1, 0.15) is 30.0 Å². The van der Waals surface area contributed by atoms with E-state index < -0.39 is 0 Å². The minimum Gasteiger partial charge on any atom is -0.490 e. The third kappa shape index (κ3) is 5.35. The minimum atomic E-state index is -0.0260. The molecule has 0 bridgehead atoms. The molecule has 3 heteroatoms. The number of para-hydroxylation sites is 1. The van der Waals surface area contributed by atoms with Gasteiger partial charge >= 0.3 is 0 Å². The van der Waals surface area contributed by atoms with E-state index in [1.54, 1.807) is 0 Å². The molecule has 0 aliphatic heterocycles. The topological polar surface area (TPSA) is 35.5 Å². The summed E-state index contributed by atoms with van der Waals surface area (Å²) >= 11 is 0. The number of carbonyl (C=O) groups excluding carboxylic acids is 1. The molecular weight excluding hydrogens is 312 g/mol. The van der Waals surface area contributed by atoms with Crippen molar-refractivity contribution in [1.29, 1.82) is 0 Å². The van der Waals surface area contributed by atoms with E-state index in [9.17, 15) is 4.79 Å². The maximum Gasteiger partial charge on any atom is 0.136 e. The van der Waals surface area contributed by atoms with Crippen molar-refractivity contribution in [3.63, 3.8) is 0 Å². The zero-order valence-corrected chi connectivity index (χ0v) is 14.8. The molecular formula is C22H26O3. The summed E-state index contributed by atoms with van der Waals surface area (Å²) in [6.07, 6.45) is 4.85. The maximum atomic E-state index is 12.0. The van der Waals surface area contributed by atoms with Crippen LogP contribution >= 0.6 is 0 Å². The molecule has 0 unspecified atom stereocenters. The van der Waals surface area contributed by atoms with Crippen LogP contribution in [0.5, 0.6) is 11.5 Å². The van der Waals surface area contributed by atoms with Crippen molar-refractivity contribution in [1.82, 2.24) is 0 Å². The Morgan fingerprint density at radius 3 is 2.48 bits per heavy atom. The summed E-state index contributed by atoms with van der Waals surface area (Å²) in [6, 6.07) is 17.9. The van der Waals surface area contributed by atoms with Crippen molar-refractivity contribution in [3.8, 4) is 11.5 Å². The van der Waals surface area contributed by atoms with E-state index in [4.69, 9.17) is 9.47 Å². The molecule has 2 aromatic rings. The van der Waals surface area contributed by atoms with Gasteiger partial charge in [0.05, 0.1) is 0 Å². The molecule has 0 radical (unpaired) electrons. The van der Waals surface area contributed by atoms with Crippen molar-refractivity contribution in [2.45, 2.75) is 45.1 Å². The molecule has 2 aromatic carbocycles. The highest BCUT2D eigenvalue weighted by Crippen LogP contribution is 2.25. The van der Waals surface area contributed by atoms with Crippen LogP contribution in [0.4, 0.5) is 0 Å². The lowest BCUT2D eigenvalue weighted by Gasteiger charge is -2.20. The number of Topliss-reactive ketones (excluding diaryl/α,β-unsaturated/α-hetero) is 1. The molecule has 0 saturated heterocycles. The summed E-state index contributed by atoms with van der Waals surface area (Å²) in [6.45, 7) is 2.49. The highest BCUT2D eigenvalue weighted by atomic mass is 16.5. The Bertz CT molecular complexity index is 663. The van der Waals surface area contributed by atoms with Crippen LogP contribution in [0.3, 0.4) is 0 Å². The van der Waals surface area contributed by atoms with Crippen LogP contribution < -0.4 is 9.47 Å². The SMILES string of the molecule is C[C@H](COc1ccc(C[C@H]2CCCCC2=O)cc1)Oc1ccccc1. The highest BCUT2D eigenvalue weighted by molar-refractivity contribution is 5.81. The Morgan fingerprint density at radius 2 is 1.76 bits per heavy atom. The number of ketones is 1. The Balaban J connectivity index is 1.46. The Hall–Kier alpha value is -2.29. The van der Waals surface area contributed by atoms with Crippen LogP contribution in [0.2, 0.25) is 0 Å². The Morgan fingerprint density at radius 1 is 1.00 bits per heavy atom. The fourth-order valence-electron chi connectivity index (χ4n) is 3.26. The average molecular weight is 338 g/mol. The second-order valence-corrected chi connectivity index (χ2v) is 6.81. The van der Waals surface area contributed by atoms with Gasteiger partial charge < -0.3 is 9.47 Å². The van der Waals surface area contributed by atoms with Crippen LogP contribution in [-0.4, -0.2) is 18.5 Å². The van der Waals surface area contributed by atoms with Gasteiger partial charge in [-0.3, -0.25) is 4.79 Å². The zero-order chi connectivity index (χ0) is 17.5. The van der Waals surface area contributed by atoms with Crippen LogP contribution in [0.1, 0.15) is 38.2 Å². The normalized spacial score (nSPS) is 18.6. The molecule has 3 nitrogen and oxygen atoms in total. The minimum absolute atomic E-state index is 0.0260. The lowest BCUT2D eigenvalue weighted by Crippen LogP contribution is -2.21. The quantitative estimate of drug-likeness (QED) is 0.725. The molecule has 0 spiro atoms. The van der Waals surface area contributed by atoms with Gasteiger partial charge in [0.25, 0.3) is 0 Å². The van der Waals surface area contributed by atoms with Gasteiger partial charge in [0.2, 0.25) is 0 Å². The molecule has 0 N–H and O–H groups in total. The summed E-state index contributed by atoms with van der Waals surface area (Å²) in [5, 5.41) is 0. The molecule has 3 rings (SSSR count). The van der Waals surface area contributed by atoms with E-state index in [0.717, 1.165) is 37.2 Å². The van der Waals surface area contributed by atoms with Gasteiger partial charge in [0.15, 0.2) is 0 Å². The fraction of sp³-hybridized carbons (Fsp3) is 0.409. The number of hydrogen-bond acceptors (Lipinski definition) is 3. The Labute approximate surface area is 150 Å². The van der Waals surface area contributed by atoms with E-state index in [1.165, 1.54) is 12.0 Å². The predicted molar refractivity (Wildman–Crippen MR) is 99.1 cm³/mol. The number of hydrogen-bond donors (Lipinski definition) is 0. The molecule has 1 fully saturated rings. The zero-order valence-electron chi connectivity index (χ0n) is 14.8. The smallest absolute Gasteiger partial charge is 0.136 e. The lowest BCUT2D eigenvalue weighted by atomic mass is 9.84. The van der Waals surface area contributed by atoms with Gasteiger partial charge in [-0.15, -0.1) is 0 Å². The molecule has 2 atom stereocenters. The molecule has 1 saturated carbocycles. The van der Waals surface area contributed by atoms with Gasteiger partial charge in [-0.05, 0) is 56.0 Å². The molecule has 0 amide bonds. The first-order valence-corrected chi connectivity index (χ1v) is 9.17. The largest absolute Gasteiger partial charge is 0.490 e. The summed E-state index contributed by atoms with van der Waals surface area (Å²) in [4.78, 5) is 12.0. The molecule has 132 valence electrons. The Kier molecular flexibility index (Phi) is 6.10. The lowest BCUT2D eigenvalue weighted by molar-refractivity contribution is -0.124. The molecule has 25 heavy (non-hydrogen) atoms. The molecule has 1 aliphatic carbocycles. The summed E-state index contributed by atoms with van der Waals surface area (Å²) < 4.78 is 11.6. The first-order valence-electron chi connectivity index (χ1n) is 9.17. The van der Waals surface area contributed by atoms with Gasteiger partial charge in [0, 0.05) is 12.3 Å². The van der Waals surface area contributed by atoms with Crippen molar-refractivity contribution in [2.75, 3.05) is 6.61 Å². The third-order valence-electron chi connectivity index (χ3n) is 4.65. The second-order valence-electron chi connectivity index (χ2n) is 6.81. The van der Waals surface area contributed by atoms with E-state index in [0.29, 0.717) is 12.4 Å². The van der Waals surface area contributed by atoms with Crippen LogP contribution in [0.15, 0.2) is 54.6 Å². The average Bonchev–Trinajstić information content (AvgIpc) is 2.64. The standard InChI is InChI=1S/C22H26O3/c1-17(25-21-8-3-2-4-9-21)16-24-20-13-11-18(12-14-20)15-19-7-5-6-10-22(19)23/h2-4,8-9,11-14,17,19H,5-7,10,15-16H2,1H3/t17-,19-/m1/s1. The first kappa shape index (κ1) is 17.5. The van der Waals surface area contributed by atoms with Gasteiger partial charge in [-0.1, -0.05) is 36.8 Å². The summed E-state index contributed by atoms with van der Waals surface area (Å²) in [7, 11) is 0. The van der Waals surface area contributed by atoms with Gasteiger partial charge in [-0.2, -0.15) is 0 Å². The van der Waals surface area contributed by atoms with Crippen molar-refractivity contribution in [3.05, 3.63) is 60.2 Å². The van der Waals surface area contributed by atoms with Crippen LogP contribution in [0, 0.1) is 5.92 Å². The van der Waals surface area contributed by atoms with E-state index >= 15 is 0 Å². The van der Waals surface area contributed by atoms with E-state index in [2.05, 4.69) is 12.1 Å². The summed E-state index contributed by atoms with van der Waals surface area (Å²) in [5.74, 6) is 2.33. The number of rotatable bonds is 7. The van der Waals surface area contributed by atoms with Crippen LogP contribution in [-0.2, 0) is 11.2 Å².